The van der Waals surface area contributed by atoms with Gasteiger partial charge in [0.1, 0.15) is 0 Å². The van der Waals surface area contributed by atoms with Crippen LogP contribution >= 0.6 is 0 Å². The highest BCUT2D eigenvalue weighted by atomic mass is 16.2. The molecule has 0 radical (unpaired) electrons. The van der Waals surface area contributed by atoms with Crippen LogP contribution in [0.3, 0.4) is 0 Å². The number of urea groups is 1. The van der Waals surface area contributed by atoms with E-state index in [9.17, 15) is 9.59 Å². The van der Waals surface area contributed by atoms with Crippen LogP contribution in [0.15, 0.2) is 30.3 Å². The number of aromatic nitrogens is 2. The molecule has 2 fully saturated rings. The van der Waals surface area contributed by atoms with Crippen molar-refractivity contribution in [3.05, 3.63) is 47.3 Å². The van der Waals surface area contributed by atoms with Crippen molar-refractivity contribution in [3.8, 4) is 5.69 Å². The van der Waals surface area contributed by atoms with Crippen LogP contribution in [-0.2, 0) is 0 Å². The van der Waals surface area contributed by atoms with Crippen molar-refractivity contribution in [1.29, 1.82) is 0 Å². The molecule has 7 heteroatoms. The third-order valence-electron chi connectivity index (χ3n) is 5.83. The first-order chi connectivity index (χ1) is 14.0. The van der Waals surface area contributed by atoms with Crippen LogP contribution in [0.1, 0.15) is 41.0 Å². The molecule has 0 spiro atoms. The summed E-state index contributed by atoms with van der Waals surface area (Å²) in [5.41, 5.74) is 3.66. The largest absolute Gasteiger partial charge is 0.335 e. The maximum atomic E-state index is 12.9. The average molecular weight is 396 g/mol. The second kappa shape index (κ2) is 8.27. The first-order valence-electron chi connectivity index (χ1n) is 10.5. The Morgan fingerprint density at radius 2 is 1.38 bits per heavy atom. The second-order valence-electron chi connectivity index (χ2n) is 8.00. The number of likely N-dealkylation sites (tertiary alicyclic amines) is 1. The summed E-state index contributed by atoms with van der Waals surface area (Å²) >= 11 is 0. The van der Waals surface area contributed by atoms with Crippen LogP contribution in [0.4, 0.5) is 4.79 Å². The molecule has 2 saturated heterocycles. The number of nitrogens with zero attached hydrogens (tertiary/aromatic N) is 5. The van der Waals surface area contributed by atoms with Gasteiger partial charge in [-0.1, -0.05) is 0 Å². The summed E-state index contributed by atoms with van der Waals surface area (Å²) in [4.78, 5) is 31.2. The van der Waals surface area contributed by atoms with Crippen molar-refractivity contribution < 1.29 is 9.59 Å². The van der Waals surface area contributed by atoms with E-state index in [-0.39, 0.29) is 11.9 Å². The Labute approximate surface area is 171 Å². The van der Waals surface area contributed by atoms with Crippen molar-refractivity contribution in [2.45, 2.75) is 33.1 Å². The third kappa shape index (κ3) is 4.13. The summed E-state index contributed by atoms with van der Waals surface area (Å²) in [7, 11) is 0. The number of piperazine rings is 1. The van der Waals surface area contributed by atoms with Crippen LogP contribution < -0.4 is 0 Å². The lowest BCUT2D eigenvalue weighted by Gasteiger charge is -2.38. The van der Waals surface area contributed by atoms with Crippen LogP contribution in [0, 0.1) is 13.8 Å². The van der Waals surface area contributed by atoms with E-state index >= 15 is 0 Å². The van der Waals surface area contributed by atoms with Gasteiger partial charge in [-0.15, -0.1) is 0 Å². The van der Waals surface area contributed by atoms with E-state index in [0.29, 0.717) is 31.7 Å². The van der Waals surface area contributed by atoms with Gasteiger partial charge in [-0.3, -0.25) is 4.79 Å². The molecule has 4 rings (SSSR count). The highest BCUT2D eigenvalue weighted by Crippen LogP contribution is 2.17. The zero-order valence-corrected chi connectivity index (χ0v) is 17.3. The van der Waals surface area contributed by atoms with E-state index in [4.69, 9.17) is 0 Å². The molecule has 2 aliphatic rings. The van der Waals surface area contributed by atoms with E-state index in [1.165, 1.54) is 6.42 Å². The van der Waals surface area contributed by atoms with Gasteiger partial charge in [0.25, 0.3) is 5.91 Å². The molecule has 0 atom stereocenters. The molecule has 1 aromatic heterocycles. The van der Waals surface area contributed by atoms with Gasteiger partial charge >= 0.3 is 6.03 Å². The van der Waals surface area contributed by atoms with E-state index in [1.807, 2.05) is 63.6 Å². The van der Waals surface area contributed by atoms with Crippen LogP contribution in [0.25, 0.3) is 5.69 Å². The molecule has 1 aromatic carbocycles. The lowest BCUT2D eigenvalue weighted by molar-refractivity contribution is 0.0633. The van der Waals surface area contributed by atoms with Crippen LogP contribution in [0.2, 0.25) is 0 Å². The fraction of sp³-hybridized carbons (Fsp3) is 0.500. The Hall–Kier alpha value is -2.83. The van der Waals surface area contributed by atoms with Gasteiger partial charge in [0.2, 0.25) is 0 Å². The van der Waals surface area contributed by atoms with Gasteiger partial charge in [0, 0.05) is 50.5 Å². The molecule has 2 aromatic rings. The van der Waals surface area contributed by atoms with Crippen molar-refractivity contribution in [1.82, 2.24) is 24.5 Å². The van der Waals surface area contributed by atoms with Crippen molar-refractivity contribution in [2.75, 3.05) is 39.3 Å². The number of hydrogen-bond donors (Lipinski definition) is 0. The Morgan fingerprint density at radius 1 is 0.793 bits per heavy atom. The minimum atomic E-state index is 0.0231. The molecule has 0 N–H and O–H groups in total. The maximum Gasteiger partial charge on any atom is 0.320 e. The number of piperidine rings is 1. The summed E-state index contributed by atoms with van der Waals surface area (Å²) in [6.45, 7) is 8.07. The van der Waals surface area contributed by atoms with Crippen LogP contribution in [0.5, 0.6) is 0 Å². The van der Waals surface area contributed by atoms with Gasteiger partial charge in [-0.2, -0.15) is 5.10 Å². The molecule has 7 nitrogen and oxygen atoms in total. The molecular formula is C22H29N5O2. The average Bonchev–Trinajstić information content (AvgIpc) is 3.11. The molecule has 2 aliphatic heterocycles. The smallest absolute Gasteiger partial charge is 0.320 e. The number of hydrogen-bond acceptors (Lipinski definition) is 3. The molecule has 3 heterocycles. The summed E-state index contributed by atoms with van der Waals surface area (Å²) in [5.74, 6) is 0.0231. The number of carbonyl (C=O) groups is 2. The summed E-state index contributed by atoms with van der Waals surface area (Å²) in [6, 6.07) is 9.75. The van der Waals surface area contributed by atoms with Crippen molar-refractivity contribution in [3.63, 3.8) is 0 Å². The summed E-state index contributed by atoms with van der Waals surface area (Å²) in [5, 5.41) is 4.49. The minimum Gasteiger partial charge on any atom is -0.335 e. The fourth-order valence-corrected chi connectivity index (χ4v) is 4.20. The number of rotatable bonds is 2. The summed E-state index contributed by atoms with van der Waals surface area (Å²) < 4.78 is 1.88. The quantitative estimate of drug-likeness (QED) is 0.786. The zero-order chi connectivity index (χ0) is 20.4. The molecule has 0 bridgehead atoms. The number of carbonyl (C=O) groups excluding carboxylic acids is 2. The molecule has 154 valence electrons. The molecule has 0 aliphatic carbocycles. The maximum absolute atomic E-state index is 12.9. The molecule has 0 saturated carbocycles. The van der Waals surface area contributed by atoms with E-state index in [1.54, 1.807) is 0 Å². The van der Waals surface area contributed by atoms with Crippen molar-refractivity contribution in [2.24, 2.45) is 0 Å². The predicted octanol–water partition coefficient (Wildman–Crippen LogP) is 2.85. The lowest BCUT2D eigenvalue weighted by Crippen LogP contribution is -2.54. The van der Waals surface area contributed by atoms with Gasteiger partial charge in [-0.05, 0) is 63.4 Å². The van der Waals surface area contributed by atoms with Gasteiger partial charge in [-0.25, -0.2) is 9.48 Å². The normalized spacial score (nSPS) is 17.5. The van der Waals surface area contributed by atoms with Gasteiger partial charge in [0.05, 0.1) is 11.4 Å². The molecule has 3 amide bonds. The zero-order valence-electron chi connectivity index (χ0n) is 17.3. The lowest BCUT2D eigenvalue weighted by atomic mass is 10.1. The van der Waals surface area contributed by atoms with E-state index in [0.717, 1.165) is 43.0 Å². The van der Waals surface area contributed by atoms with Crippen LogP contribution in [-0.4, -0.2) is 75.7 Å². The molecule has 0 unspecified atom stereocenters. The summed E-state index contributed by atoms with van der Waals surface area (Å²) in [6.07, 6.45) is 3.40. The standard InChI is InChI=1S/C22H29N5O2/c1-17-16-18(2)27(23-17)20-8-6-19(7-9-20)21(28)24-12-14-26(15-13-24)22(29)25-10-4-3-5-11-25/h6-9,16H,3-5,10-15H2,1-2H3. The predicted molar refractivity (Wildman–Crippen MR) is 111 cm³/mol. The fourth-order valence-electron chi connectivity index (χ4n) is 4.20. The SMILES string of the molecule is Cc1cc(C)n(-c2ccc(C(=O)N3CCN(C(=O)N4CCCCC4)CC3)cc2)n1. The monoisotopic (exact) mass is 395 g/mol. The minimum absolute atomic E-state index is 0.0231. The number of aryl methyl sites for hydroxylation is 2. The third-order valence-corrected chi connectivity index (χ3v) is 5.83. The van der Waals surface area contributed by atoms with Gasteiger partial charge in [0.15, 0.2) is 0 Å². The molecule has 29 heavy (non-hydrogen) atoms. The Balaban J connectivity index is 1.36. The van der Waals surface area contributed by atoms with Gasteiger partial charge < -0.3 is 14.7 Å². The van der Waals surface area contributed by atoms with E-state index < -0.39 is 0 Å². The Morgan fingerprint density at radius 3 is 1.97 bits per heavy atom. The number of amides is 3. The topological polar surface area (TPSA) is 61.7 Å². The first-order valence-corrected chi connectivity index (χ1v) is 10.5. The first kappa shape index (κ1) is 19.5. The Kier molecular flexibility index (Phi) is 5.56. The highest BCUT2D eigenvalue weighted by molar-refractivity contribution is 5.94. The van der Waals surface area contributed by atoms with E-state index in [2.05, 4.69) is 5.10 Å². The molecular weight excluding hydrogens is 366 g/mol. The van der Waals surface area contributed by atoms with Crippen molar-refractivity contribution >= 4 is 11.9 Å². The highest BCUT2D eigenvalue weighted by Gasteiger charge is 2.28. The second-order valence-corrected chi connectivity index (χ2v) is 8.00. The Bertz CT molecular complexity index is 875. The number of benzene rings is 1.